The van der Waals surface area contributed by atoms with Crippen molar-refractivity contribution in [3.05, 3.63) is 16.4 Å². The summed E-state index contributed by atoms with van der Waals surface area (Å²) in [6.07, 6.45) is 0. The van der Waals surface area contributed by atoms with Crippen molar-refractivity contribution in [3.63, 3.8) is 0 Å². The molecular formula is C8H13ClN2. The van der Waals surface area contributed by atoms with Crippen molar-refractivity contribution in [1.29, 1.82) is 0 Å². The zero-order valence-electron chi connectivity index (χ0n) is 9.85. The lowest BCUT2D eigenvalue weighted by molar-refractivity contribution is 0.698. The minimum Gasteiger partial charge on any atom is -0.271 e. The molecule has 2 nitrogen and oxygen atoms in total. The predicted molar refractivity (Wildman–Crippen MR) is 47.0 cm³/mol. The van der Waals surface area contributed by atoms with Gasteiger partial charge in [-0.2, -0.15) is 5.10 Å². The van der Waals surface area contributed by atoms with Crippen LogP contribution in [0.25, 0.3) is 0 Å². The van der Waals surface area contributed by atoms with Crippen LogP contribution >= 0.6 is 11.6 Å². The first kappa shape index (κ1) is 5.20. The molecule has 0 aliphatic carbocycles. The van der Waals surface area contributed by atoms with E-state index in [2.05, 4.69) is 5.10 Å². The third-order valence-electron chi connectivity index (χ3n) is 1.61. The van der Waals surface area contributed by atoms with Gasteiger partial charge in [0, 0.05) is 11.1 Å². The third kappa shape index (κ3) is 1.41. The first-order valence-corrected chi connectivity index (χ1v) is 3.88. The smallest absolute Gasteiger partial charge is 0.0849 e. The molecule has 0 radical (unpaired) electrons. The lowest BCUT2D eigenvalue weighted by atomic mass is 10.1. The molecule has 0 saturated carbocycles. The second-order valence-corrected chi connectivity index (χ2v) is 3.23. The van der Waals surface area contributed by atoms with Gasteiger partial charge in [-0.05, 0) is 12.8 Å². The maximum Gasteiger partial charge on any atom is 0.0849 e. The SMILES string of the molecule is [2H]C([2H])([2H])n1nc(C(C)C)c(Cl)c1C. The first-order chi connectivity index (χ1) is 6.25. The monoisotopic (exact) mass is 175 g/mol. The van der Waals surface area contributed by atoms with Gasteiger partial charge < -0.3 is 0 Å². The lowest BCUT2D eigenvalue weighted by Crippen LogP contribution is -1.94. The Morgan fingerprint density at radius 2 is 2.27 bits per heavy atom. The van der Waals surface area contributed by atoms with Crippen LogP contribution in [0.2, 0.25) is 5.02 Å². The van der Waals surface area contributed by atoms with Gasteiger partial charge in [0.05, 0.1) is 16.4 Å². The molecule has 0 atom stereocenters. The summed E-state index contributed by atoms with van der Waals surface area (Å²) >= 11 is 5.98. The predicted octanol–water partition coefficient (Wildman–Crippen LogP) is 2.51. The van der Waals surface area contributed by atoms with Crippen LogP contribution in [0.5, 0.6) is 0 Å². The highest BCUT2D eigenvalue weighted by molar-refractivity contribution is 6.31. The van der Waals surface area contributed by atoms with Crippen molar-refractivity contribution >= 4 is 11.6 Å². The van der Waals surface area contributed by atoms with Gasteiger partial charge in [-0.1, -0.05) is 25.4 Å². The number of aryl methyl sites for hydroxylation is 1. The summed E-state index contributed by atoms with van der Waals surface area (Å²) in [7, 11) is 0. The minimum absolute atomic E-state index is 0.129. The number of rotatable bonds is 1. The summed E-state index contributed by atoms with van der Waals surface area (Å²) in [6, 6.07) is 0. The van der Waals surface area contributed by atoms with Gasteiger partial charge in [-0.15, -0.1) is 0 Å². The van der Waals surface area contributed by atoms with E-state index in [9.17, 15) is 0 Å². The number of halogens is 1. The van der Waals surface area contributed by atoms with Crippen LogP contribution in [0, 0.1) is 6.92 Å². The Balaban J connectivity index is 3.29. The molecule has 1 heterocycles. The Morgan fingerprint density at radius 1 is 1.64 bits per heavy atom. The normalized spacial score (nSPS) is 16.3. The van der Waals surface area contributed by atoms with E-state index in [0.29, 0.717) is 16.4 Å². The fourth-order valence-electron chi connectivity index (χ4n) is 0.874. The van der Waals surface area contributed by atoms with E-state index in [0.717, 1.165) is 4.68 Å². The van der Waals surface area contributed by atoms with E-state index in [4.69, 9.17) is 15.7 Å². The summed E-state index contributed by atoms with van der Waals surface area (Å²) in [6.45, 7) is 3.27. The molecule has 0 amide bonds. The highest BCUT2D eigenvalue weighted by atomic mass is 35.5. The van der Waals surface area contributed by atoms with Gasteiger partial charge in [-0.25, -0.2) is 0 Å². The summed E-state index contributed by atoms with van der Waals surface area (Å²) in [4.78, 5) is 0. The van der Waals surface area contributed by atoms with Crippen LogP contribution in [-0.2, 0) is 6.98 Å². The van der Waals surface area contributed by atoms with E-state index >= 15 is 0 Å². The summed E-state index contributed by atoms with van der Waals surface area (Å²) in [5, 5.41) is 4.46. The lowest BCUT2D eigenvalue weighted by Gasteiger charge is -1.97. The molecule has 3 heteroatoms. The number of hydrogen-bond acceptors (Lipinski definition) is 1. The van der Waals surface area contributed by atoms with Crippen molar-refractivity contribution < 1.29 is 4.11 Å². The van der Waals surface area contributed by atoms with Crippen LogP contribution in [0.15, 0.2) is 0 Å². The highest BCUT2D eigenvalue weighted by Crippen LogP contribution is 2.25. The van der Waals surface area contributed by atoms with E-state index in [-0.39, 0.29) is 5.92 Å². The average molecular weight is 176 g/mol. The average Bonchev–Trinajstić information content (AvgIpc) is 2.28. The topological polar surface area (TPSA) is 17.8 Å². The molecule has 11 heavy (non-hydrogen) atoms. The van der Waals surface area contributed by atoms with Gasteiger partial charge in [0.15, 0.2) is 0 Å². The zero-order valence-corrected chi connectivity index (χ0v) is 7.61. The molecule has 0 spiro atoms. The van der Waals surface area contributed by atoms with Gasteiger partial charge in [0.2, 0.25) is 0 Å². The summed E-state index contributed by atoms with van der Waals surface area (Å²) in [5.74, 6) is 0.129. The van der Waals surface area contributed by atoms with Gasteiger partial charge >= 0.3 is 0 Å². The van der Waals surface area contributed by atoms with Crippen LogP contribution < -0.4 is 0 Å². The van der Waals surface area contributed by atoms with E-state index < -0.39 is 6.98 Å². The minimum atomic E-state index is -2.25. The maximum atomic E-state index is 7.24. The molecule has 0 bridgehead atoms. The van der Waals surface area contributed by atoms with E-state index in [1.807, 2.05) is 13.8 Å². The highest BCUT2D eigenvalue weighted by Gasteiger charge is 2.12. The third-order valence-corrected chi connectivity index (χ3v) is 2.08. The van der Waals surface area contributed by atoms with Gasteiger partial charge in [0.25, 0.3) is 0 Å². The molecule has 1 rings (SSSR count). The van der Waals surface area contributed by atoms with Crippen molar-refractivity contribution in [2.75, 3.05) is 0 Å². The molecule has 0 fully saturated rings. The molecule has 1 aromatic heterocycles. The van der Waals surface area contributed by atoms with Crippen molar-refractivity contribution in [1.82, 2.24) is 9.78 Å². The van der Waals surface area contributed by atoms with Crippen LogP contribution in [0.3, 0.4) is 0 Å². The van der Waals surface area contributed by atoms with Crippen molar-refractivity contribution in [2.45, 2.75) is 26.7 Å². The number of hydrogen-bond donors (Lipinski definition) is 0. The summed E-state index contributed by atoms with van der Waals surface area (Å²) in [5.41, 5.74) is 1.13. The zero-order chi connectivity index (χ0) is 11.1. The fourth-order valence-corrected chi connectivity index (χ4v) is 1.21. The van der Waals surface area contributed by atoms with E-state index in [1.165, 1.54) is 0 Å². The van der Waals surface area contributed by atoms with Gasteiger partial charge in [0.1, 0.15) is 0 Å². The molecule has 0 unspecified atom stereocenters. The van der Waals surface area contributed by atoms with Gasteiger partial charge in [-0.3, -0.25) is 4.68 Å². The molecule has 0 aliphatic rings. The van der Waals surface area contributed by atoms with E-state index in [1.54, 1.807) is 6.92 Å². The second kappa shape index (κ2) is 2.86. The molecular weight excluding hydrogens is 160 g/mol. The Labute approximate surface area is 76.4 Å². The number of aromatic nitrogens is 2. The van der Waals surface area contributed by atoms with Crippen LogP contribution in [0.1, 0.15) is 35.3 Å². The Hall–Kier alpha value is -0.500. The molecule has 0 aromatic carbocycles. The largest absolute Gasteiger partial charge is 0.271 e. The number of nitrogens with zero attached hydrogens (tertiary/aromatic N) is 2. The Morgan fingerprint density at radius 3 is 2.55 bits per heavy atom. The van der Waals surface area contributed by atoms with Crippen LogP contribution in [-0.4, -0.2) is 9.78 Å². The molecule has 1 aromatic rings. The molecule has 0 saturated heterocycles. The first-order valence-electron chi connectivity index (χ1n) is 5.00. The van der Waals surface area contributed by atoms with Crippen molar-refractivity contribution in [2.24, 2.45) is 6.98 Å². The quantitative estimate of drug-likeness (QED) is 0.642. The Kier molecular flexibility index (Phi) is 1.35. The van der Waals surface area contributed by atoms with Crippen molar-refractivity contribution in [3.8, 4) is 0 Å². The molecule has 0 aliphatic heterocycles. The summed E-state index contributed by atoms with van der Waals surface area (Å²) < 4.78 is 22.7. The molecule has 62 valence electrons. The fraction of sp³-hybridized carbons (Fsp3) is 0.625. The second-order valence-electron chi connectivity index (χ2n) is 2.85. The maximum absolute atomic E-state index is 7.24. The Bertz CT molecular complexity index is 341. The molecule has 0 N–H and O–H groups in total. The van der Waals surface area contributed by atoms with Crippen LogP contribution in [0.4, 0.5) is 0 Å². The standard InChI is InChI=1S/C8H13ClN2/c1-5(2)8-7(9)6(3)11(4)10-8/h5H,1-4H3/i4D3.